The van der Waals surface area contributed by atoms with Crippen molar-refractivity contribution in [2.24, 2.45) is 5.92 Å². The lowest BCUT2D eigenvalue weighted by atomic mass is 9.86. The van der Waals surface area contributed by atoms with Gasteiger partial charge in [0.2, 0.25) is 0 Å². The lowest BCUT2D eigenvalue weighted by molar-refractivity contribution is 0.154. The molecule has 0 spiro atoms. The zero-order valence-electron chi connectivity index (χ0n) is 12.6. The maximum atomic E-state index is 5.63. The Morgan fingerprint density at radius 1 is 1.20 bits per heavy atom. The van der Waals surface area contributed by atoms with E-state index in [0.717, 1.165) is 19.1 Å². The van der Waals surface area contributed by atoms with Crippen LogP contribution in [0.15, 0.2) is 36.4 Å². The summed E-state index contributed by atoms with van der Waals surface area (Å²) in [7, 11) is 0. The summed E-state index contributed by atoms with van der Waals surface area (Å²) in [6.07, 6.45) is 9.67. The summed E-state index contributed by atoms with van der Waals surface area (Å²) in [5.74, 6) is 0.821. The molecule has 110 valence electrons. The zero-order valence-corrected chi connectivity index (χ0v) is 12.6. The topological polar surface area (TPSA) is 21.3 Å². The Labute approximate surface area is 123 Å². The Bertz CT molecular complexity index is 388. The summed E-state index contributed by atoms with van der Waals surface area (Å²) in [6, 6.07) is 11.0. The average molecular weight is 273 g/mol. The minimum Gasteiger partial charge on any atom is -0.376 e. The third-order valence-corrected chi connectivity index (χ3v) is 4.09. The fourth-order valence-electron chi connectivity index (χ4n) is 2.84. The fourth-order valence-corrected chi connectivity index (χ4v) is 2.84. The molecular formula is C18H27NO. The predicted molar refractivity (Wildman–Crippen MR) is 85.7 cm³/mol. The number of benzene rings is 1. The molecule has 0 aliphatic heterocycles. The predicted octanol–water partition coefficient (Wildman–Crippen LogP) is 3.88. The molecule has 0 amide bonds. The largest absolute Gasteiger partial charge is 0.376 e. The highest BCUT2D eigenvalue weighted by molar-refractivity contribution is 5.48. The molecule has 1 aromatic carbocycles. The van der Waals surface area contributed by atoms with E-state index >= 15 is 0 Å². The maximum Gasteiger partial charge on any atom is 0.0651 e. The molecule has 0 bridgehead atoms. The van der Waals surface area contributed by atoms with Crippen molar-refractivity contribution in [1.82, 2.24) is 5.32 Å². The molecule has 1 saturated carbocycles. The smallest absolute Gasteiger partial charge is 0.0651 e. The molecule has 1 aliphatic carbocycles. The van der Waals surface area contributed by atoms with E-state index in [2.05, 4.69) is 48.7 Å². The standard InChI is InChI=1S/C18H27NO/c1-16-8-5-6-12-18(16)19-13-15-20-14-7-11-17-9-3-2-4-10-17/h2-4,7,9-11,16,18-19H,5-6,8,12-15H2,1H3. The molecule has 0 aromatic heterocycles. The lowest BCUT2D eigenvalue weighted by Gasteiger charge is -2.29. The molecule has 2 rings (SSSR count). The van der Waals surface area contributed by atoms with Gasteiger partial charge in [0, 0.05) is 12.6 Å². The van der Waals surface area contributed by atoms with Crippen molar-refractivity contribution >= 4 is 6.08 Å². The average Bonchev–Trinajstić information content (AvgIpc) is 2.49. The van der Waals surface area contributed by atoms with Crippen LogP contribution in [-0.2, 0) is 4.74 Å². The van der Waals surface area contributed by atoms with Crippen molar-refractivity contribution in [3.63, 3.8) is 0 Å². The van der Waals surface area contributed by atoms with Gasteiger partial charge < -0.3 is 10.1 Å². The second kappa shape index (κ2) is 8.93. The second-order valence-corrected chi connectivity index (χ2v) is 5.71. The summed E-state index contributed by atoms with van der Waals surface area (Å²) in [5, 5.41) is 3.63. The molecule has 0 heterocycles. The third-order valence-electron chi connectivity index (χ3n) is 4.09. The van der Waals surface area contributed by atoms with Crippen LogP contribution in [0, 0.1) is 5.92 Å². The Morgan fingerprint density at radius 3 is 2.80 bits per heavy atom. The van der Waals surface area contributed by atoms with Gasteiger partial charge in [0.05, 0.1) is 13.2 Å². The Morgan fingerprint density at radius 2 is 2.00 bits per heavy atom. The van der Waals surface area contributed by atoms with Gasteiger partial charge in [0.1, 0.15) is 0 Å². The molecule has 0 radical (unpaired) electrons. The maximum absolute atomic E-state index is 5.63. The Kier molecular flexibility index (Phi) is 6.82. The number of rotatable bonds is 7. The normalized spacial score (nSPS) is 23.2. The highest BCUT2D eigenvalue weighted by Gasteiger charge is 2.19. The minimum absolute atomic E-state index is 0.691. The van der Waals surface area contributed by atoms with Crippen molar-refractivity contribution in [2.75, 3.05) is 19.8 Å². The first-order valence-electron chi connectivity index (χ1n) is 7.89. The van der Waals surface area contributed by atoms with E-state index in [-0.39, 0.29) is 0 Å². The van der Waals surface area contributed by atoms with Gasteiger partial charge in [0.25, 0.3) is 0 Å². The van der Waals surface area contributed by atoms with Crippen LogP contribution in [0.2, 0.25) is 0 Å². The molecule has 1 fully saturated rings. The minimum atomic E-state index is 0.691. The highest BCUT2D eigenvalue weighted by atomic mass is 16.5. The van der Waals surface area contributed by atoms with E-state index in [9.17, 15) is 0 Å². The highest BCUT2D eigenvalue weighted by Crippen LogP contribution is 2.23. The lowest BCUT2D eigenvalue weighted by Crippen LogP contribution is -2.38. The van der Waals surface area contributed by atoms with Gasteiger partial charge in [-0.15, -0.1) is 0 Å². The first kappa shape index (κ1) is 15.3. The number of ether oxygens (including phenoxy) is 1. The van der Waals surface area contributed by atoms with E-state index in [0.29, 0.717) is 12.6 Å². The summed E-state index contributed by atoms with van der Waals surface area (Å²) >= 11 is 0. The summed E-state index contributed by atoms with van der Waals surface area (Å²) in [4.78, 5) is 0. The molecular weight excluding hydrogens is 246 g/mol. The molecule has 20 heavy (non-hydrogen) atoms. The van der Waals surface area contributed by atoms with E-state index in [4.69, 9.17) is 4.74 Å². The van der Waals surface area contributed by atoms with Crippen LogP contribution < -0.4 is 5.32 Å². The van der Waals surface area contributed by atoms with Crippen molar-refractivity contribution in [1.29, 1.82) is 0 Å². The van der Waals surface area contributed by atoms with Crippen LogP contribution in [0.25, 0.3) is 6.08 Å². The molecule has 1 aromatic rings. The molecule has 1 N–H and O–H groups in total. The third kappa shape index (κ3) is 5.48. The number of hydrogen-bond acceptors (Lipinski definition) is 2. The quantitative estimate of drug-likeness (QED) is 0.761. The summed E-state index contributed by atoms with van der Waals surface area (Å²) < 4.78 is 5.63. The molecule has 2 unspecified atom stereocenters. The molecule has 2 heteroatoms. The van der Waals surface area contributed by atoms with Crippen LogP contribution in [0.5, 0.6) is 0 Å². The van der Waals surface area contributed by atoms with Crippen LogP contribution in [-0.4, -0.2) is 25.8 Å². The van der Waals surface area contributed by atoms with Crippen LogP contribution >= 0.6 is 0 Å². The number of nitrogens with one attached hydrogen (secondary N) is 1. The van der Waals surface area contributed by atoms with Crippen LogP contribution in [0.4, 0.5) is 0 Å². The van der Waals surface area contributed by atoms with Crippen molar-refractivity contribution in [3.8, 4) is 0 Å². The van der Waals surface area contributed by atoms with Crippen LogP contribution in [0.3, 0.4) is 0 Å². The molecule has 1 aliphatic rings. The van der Waals surface area contributed by atoms with E-state index in [1.807, 2.05) is 6.07 Å². The van der Waals surface area contributed by atoms with Gasteiger partial charge in [0.15, 0.2) is 0 Å². The Hall–Kier alpha value is -1.12. The van der Waals surface area contributed by atoms with Crippen LogP contribution in [0.1, 0.15) is 38.2 Å². The monoisotopic (exact) mass is 273 g/mol. The first-order chi connectivity index (χ1) is 9.86. The van der Waals surface area contributed by atoms with Gasteiger partial charge in [-0.3, -0.25) is 0 Å². The van der Waals surface area contributed by atoms with E-state index < -0.39 is 0 Å². The van der Waals surface area contributed by atoms with Gasteiger partial charge in [-0.2, -0.15) is 0 Å². The van der Waals surface area contributed by atoms with Gasteiger partial charge in [-0.1, -0.05) is 62.2 Å². The van der Waals surface area contributed by atoms with Crippen molar-refractivity contribution < 1.29 is 4.74 Å². The van der Waals surface area contributed by atoms with E-state index in [1.54, 1.807) is 0 Å². The molecule has 0 saturated heterocycles. The van der Waals surface area contributed by atoms with Crippen molar-refractivity contribution in [2.45, 2.75) is 38.6 Å². The second-order valence-electron chi connectivity index (χ2n) is 5.71. The van der Waals surface area contributed by atoms with Crippen molar-refractivity contribution in [3.05, 3.63) is 42.0 Å². The summed E-state index contributed by atoms with van der Waals surface area (Å²) in [6.45, 7) is 4.81. The fraction of sp³-hybridized carbons (Fsp3) is 0.556. The summed E-state index contributed by atoms with van der Waals surface area (Å²) in [5.41, 5.74) is 1.23. The molecule has 2 nitrogen and oxygen atoms in total. The van der Waals surface area contributed by atoms with E-state index in [1.165, 1.54) is 31.2 Å². The number of hydrogen-bond donors (Lipinski definition) is 1. The zero-order chi connectivity index (χ0) is 14.0. The first-order valence-corrected chi connectivity index (χ1v) is 7.89. The Balaban J connectivity index is 1.52. The van der Waals surface area contributed by atoms with Gasteiger partial charge in [-0.25, -0.2) is 0 Å². The molecule has 2 atom stereocenters. The van der Waals surface area contributed by atoms with Gasteiger partial charge in [-0.05, 0) is 24.3 Å². The van der Waals surface area contributed by atoms with Gasteiger partial charge >= 0.3 is 0 Å². The SMILES string of the molecule is CC1CCCCC1NCCOCC=Cc1ccccc1.